The van der Waals surface area contributed by atoms with Crippen LogP contribution in [0.15, 0.2) is 11.2 Å². The molecule has 1 heterocycles. The van der Waals surface area contributed by atoms with E-state index < -0.39 is 0 Å². The summed E-state index contributed by atoms with van der Waals surface area (Å²) >= 11 is 0. The fraction of sp³-hybridized carbons (Fsp3) is 0.722. The van der Waals surface area contributed by atoms with Crippen LogP contribution in [0.25, 0.3) is 0 Å². The number of hydrogen-bond donors (Lipinski definition) is 1. The zero-order valence-electron chi connectivity index (χ0n) is 16.5. The topological polar surface area (TPSA) is 71.8 Å². The number of unbranched alkanes of at least 4 members (excludes halogenated alkanes) is 1. The van der Waals surface area contributed by atoms with Crippen LogP contribution >= 0.6 is 0 Å². The minimum atomic E-state index is -0.161. The fourth-order valence-electron chi connectivity index (χ4n) is 2.63. The van der Waals surface area contributed by atoms with E-state index in [1.54, 1.807) is 0 Å². The van der Waals surface area contributed by atoms with E-state index in [9.17, 15) is 4.79 Å². The van der Waals surface area contributed by atoms with E-state index in [0.29, 0.717) is 18.9 Å². The lowest BCUT2D eigenvalue weighted by atomic mass is 10.1. The summed E-state index contributed by atoms with van der Waals surface area (Å²) < 4.78 is 6.52. The van der Waals surface area contributed by atoms with Gasteiger partial charge in [-0.2, -0.15) is 5.10 Å². The Morgan fingerprint density at radius 1 is 1.44 bits per heavy atom. The quantitative estimate of drug-likeness (QED) is 0.320. The number of aromatic nitrogens is 2. The molecule has 1 N–H and O–H groups in total. The molecule has 0 spiro atoms. The van der Waals surface area contributed by atoms with Gasteiger partial charge in [0.1, 0.15) is 0 Å². The van der Waals surface area contributed by atoms with Crippen LogP contribution in [0, 0.1) is 0 Å². The molecule has 0 fully saturated rings. The maximum absolute atomic E-state index is 11.1. The molecule has 0 aromatic carbocycles. The number of guanidine groups is 1. The summed E-state index contributed by atoms with van der Waals surface area (Å²) in [4.78, 5) is 17.9. The van der Waals surface area contributed by atoms with E-state index in [4.69, 9.17) is 0 Å². The molecular formula is C18H33N5O2. The first-order chi connectivity index (χ1) is 11.9. The van der Waals surface area contributed by atoms with Crippen molar-refractivity contribution in [3.05, 3.63) is 17.5 Å². The highest BCUT2D eigenvalue weighted by Crippen LogP contribution is 2.18. The minimum Gasteiger partial charge on any atom is -0.469 e. The molecule has 1 rings (SSSR count). The zero-order chi connectivity index (χ0) is 18.8. The largest absolute Gasteiger partial charge is 0.469 e. The Balaban J connectivity index is 2.65. The smallest absolute Gasteiger partial charge is 0.305 e. The second-order valence-corrected chi connectivity index (χ2v) is 6.49. The molecule has 0 unspecified atom stereocenters. The molecule has 1 aromatic rings. The van der Waals surface area contributed by atoms with Crippen molar-refractivity contribution in [2.24, 2.45) is 12.0 Å². The molecule has 0 amide bonds. The van der Waals surface area contributed by atoms with Crippen molar-refractivity contribution in [2.45, 2.75) is 52.5 Å². The van der Waals surface area contributed by atoms with Crippen molar-refractivity contribution in [2.75, 3.05) is 27.2 Å². The summed E-state index contributed by atoms with van der Waals surface area (Å²) in [7, 11) is 5.41. The van der Waals surface area contributed by atoms with Gasteiger partial charge in [0.05, 0.1) is 12.8 Å². The van der Waals surface area contributed by atoms with Gasteiger partial charge < -0.3 is 15.0 Å². The maximum Gasteiger partial charge on any atom is 0.305 e. The van der Waals surface area contributed by atoms with E-state index in [0.717, 1.165) is 37.6 Å². The molecule has 7 heteroatoms. The molecule has 1 aromatic heterocycles. The number of methoxy groups -OCH3 is 1. The standard InChI is InChI=1S/C18H33N5O2/c1-7-19-18(20-11-9-8-10-16(24)25-6)22(4)12-15-13-23(5)21-17(15)14(2)3/h13-14H,7-12H2,1-6H3,(H,19,20). The van der Waals surface area contributed by atoms with E-state index in [1.807, 2.05) is 18.8 Å². The number of carbonyl (C=O) groups is 1. The SMILES string of the molecule is CCNC(=NCCCCC(=O)OC)N(C)Cc1cn(C)nc1C(C)C. The van der Waals surface area contributed by atoms with Crippen molar-refractivity contribution in [1.82, 2.24) is 20.0 Å². The van der Waals surface area contributed by atoms with Crippen molar-refractivity contribution in [1.29, 1.82) is 0 Å². The van der Waals surface area contributed by atoms with Crippen LogP contribution in [0.4, 0.5) is 0 Å². The Bertz CT molecular complexity index is 566. The van der Waals surface area contributed by atoms with Crippen molar-refractivity contribution >= 4 is 11.9 Å². The minimum absolute atomic E-state index is 0.161. The molecule has 0 aliphatic carbocycles. The lowest BCUT2D eigenvalue weighted by Gasteiger charge is -2.22. The molecule has 0 radical (unpaired) electrons. The Hall–Kier alpha value is -2.05. The van der Waals surface area contributed by atoms with Gasteiger partial charge in [0.2, 0.25) is 0 Å². The van der Waals surface area contributed by atoms with Crippen LogP contribution in [0.1, 0.15) is 57.2 Å². The highest BCUT2D eigenvalue weighted by Gasteiger charge is 2.15. The number of nitrogens with zero attached hydrogens (tertiary/aromatic N) is 4. The molecule has 142 valence electrons. The third-order valence-corrected chi connectivity index (χ3v) is 3.87. The zero-order valence-corrected chi connectivity index (χ0v) is 16.5. The second kappa shape index (κ2) is 10.7. The summed E-state index contributed by atoms with van der Waals surface area (Å²) in [5, 5.41) is 7.89. The van der Waals surface area contributed by atoms with Crippen LogP contribution in [0.2, 0.25) is 0 Å². The summed E-state index contributed by atoms with van der Waals surface area (Å²) in [6.07, 6.45) is 4.18. The first-order valence-electron chi connectivity index (χ1n) is 8.97. The summed E-state index contributed by atoms with van der Waals surface area (Å²) in [6, 6.07) is 0. The first kappa shape index (κ1) is 21.0. The van der Waals surface area contributed by atoms with Crippen molar-refractivity contribution in [3.8, 4) is 0 Å². The molecule has 7 nitrogen and oxygen atoms in total. The highest BCUT2D eigenvalue weighted by atomic mass is 16.5. The predicted molar refractivity (Wildman–Crippen MR) is 101 cm³/mol. The number of rotatable bonds is 9. The fourth-order valence-corrected chi connectivity index (χ4v) is 2.63. The summed E-state index contributed by atoms with van der Waals surface area (Å²) in [6.45, 7) is 8.64. The first-order valence-corrected chi connectivity index (χ1v) is 8.97. The molecule has 0 aliphatic heterocycles. The number of ether oxygens (including phenoxy) is 1. The van der Waals surface area contributed by atoms with Gasteiger partial charge in [-0.15, -0.1) is 0 Å². The molecule has 25 heavy (non-hydrogen) atoms. The van der Waals surface area contributed by atoms with E-state index in [2.05, 4.69) is 52.0 Å². The second-order valence-electron chi connectivity index (χ2n) is 6.49. The van der Waals surface area contributed by atoms with Gasteiger partial charge in [-0.3, -0.25) is 14.5 Å². The van der Waals surface area contributed by atoms with E-state index in [-0.39, 0.29) is 5.97 Å². The Kier molecular flexibility index (Phi) is 9.02. The van der Waals surface area contributed by atoms with E-state index in [1.165, 1.54) is 12.7 Å². The molecule has 0 saturated carbocycles. The van der Waals surface area contributed by atoms with E-state index >= 15 is 0 Å². The summed E-state index contributed by atoms with van der Waals surface area (Å²) in [5.41, 5.74) is 2.35. The average Bonchev–Trinajstić information content (AvgIpc) is 2.93. The van der Waals surface area contributed by atoms with Crippen molar-refractivity contribution in [3.63, 3.8) is 0 Å². The van der Waals surface area contributed by atoms with Crippen molar-refractivity contribution < 1.29 is 9.53 Å². The monoisotopic (exact) mass is 351 g/mol. The van der Waals surface area contributed by atoms with Gasteiger partial charge in [0, 0.05) is 51.9 Å². The number of esters is 1. The lowest BCUT2D eigenvalue weighted by Crippen LogP contribution is -2.38. The Morgan fingerprint density at radius 2 is 2.16 bits per heavy atom. The number of nitrogens with one attached hydrogen (secondary N) is 1. The van der Waals surface area contributed by atoms with Crippen LogP contribution in [0.5, 0.6) is 0 Å². The molecule has 0 bridgehead atoms. The number of carbonyl (C=O) groups excluding carboxylic acids is 1. The van der Waals surface area contributed by atoms with Crippen LogP contribution < -0.4 is 5.32 Å². The lowest BCUT2D eigenvalue weighted by molar-refractivity contribution is -0.140. The van der Waals surface area contributed by atoms with Gasteiger partial charge in [-0.25, -0.2) is 0 Å². The third kappa shape index (κ3) is 7.15. The Morgan fingerprint density at radius 3 is 2.76 bits per heavy atom. The van der Waals surface area contributed by atoms with Crippen LogP contribution in [-0.2, 0) is 23.1 Å². The normalized spacial score (nSPS) is 11.7. The van der Waals surface area contributed by atoms with Gasteiger partial charge in [-0.05, 0) is 25.7 Å². The van der Waals surface area contributed by atoms with Gasteiger partial charge in [0.15, 0.2) is 5.96 Å². The number of aryl methyl sites for hydroxylation is 1. The molecule has 0 atom stereocenters. The van der Waals surface area contributed by atoms with Gasteiger partial charge in [-0.1, -0.05) is 13.8 Å². The third-order valence-electron chi connectivity index (χ3n) is 3.87. The summed E-state index contributed by atoms with van der Waals surface area (Å²) in [5.74, 6) is 1.10. The van der Waals surface area contributed by atoms with Gasteiger partial charge in [0.25, 0.3) is 0 Å². The van der Waals surface area contributed by atoms with Crippen LogP contribution in [-0.4, -0.2) is 53.9 Å². The van der Waals surface area contributed by atoms with Crippen LogP contribution in [0.3, 0.4) is 0 Å². The maximum atomic E-state index is 11.1. The molecule has 0 saturated heterocycles. The van der Waals surface area contributed by atoms with Gasteiger partial charge >= 0.3 is 5.97 Å². The predicted octanol–water partition coefficient (Wildman–Crippen LogP) is 2.28. The average molecular weight is 351 g/mol. The Labute approximate surface area is 151 Å². The number of aliphatic imine (C=N–C) groups is 1. The highest BCUT2D eigenvalue weighted by molar-refractivity contribution is 5.79. The molecular weight excluding hydrogens is 318 g/mol. The molecule has 0 aliphatic rings. The number of hydrogen-bond acceptors (Lipinski definition) is 4.